The minimum absolute atomic E-state index is 0.128. The lowest BCUT2D eigenvalue weighted by Gasteiger charge is -2.20. The summed E-state index contributed by atoms with van der Waals surface area (Å²) in [5.74, 6) is -0.228. The number of nitrogens with two attached hydrogens (primary N) is 1. The molecule has 17 heavy (non-hydrogen) atoms. The number of rotatable bonds is 5. The molecule has 0 aliphatic heterocycles. The normalized spacial score (nSPS) is 15.5. The van der Waals surface area contributed by atoms with Gasteiger partial charge in [-0.1, -0.05) is 19.1 Å². The number of hydrogen-bond acceptors (Lipinski definition) is 3. The first-order chi connectivity index (χ1) is 7.88. The van der Waals surface area contributed by atoms with Gasteiger partial charge in [-0.25, -0.2) is 12.8 Å². The van der Waals surface area contributed by atoms with Gasteiger partial charge < -0.3 is 5.73 Å². The molecule has 0 fully saturated rings. The van der Waals surface area contributed by atoms with E-state index in [0.29, 0.717) is 12.0 Å². The fraction of sp³-hybridized carbons (Fsp3) is 0.500. The molecule has 0 saturated heterocycles. The molecule has 5 heteroatoms. The summed E-state index contributed by atoms with van der Waals surface area (Å²) >= 11 is 0. The zero-order valence-corrected chi connectivity index (χ0v) is 10.9. The fourth-order valence-corrected chi connectivity index (χ4v) is 3.19. The molecule has 1 aromatic rings. The number of halogens is 1. The molecule has 0 saturated carbocycles. The topological polar surface area (TPSA) is 60.2 Å². The lowest BCUT2D eigenvalue weighted by molar-refractivity contribution is 0.563. The van der Waals surface area contributed by atoms with E-state index in [9.17, 15) is 12.8 Å². The van der Waals surface area contributed by atoms with Crippen LogP contribution in [0.25, 0.3) is 0 Å². The SMILES string of the molecule is CCCS(=O)(=O)C(C)C(N)c1ccc(F)cc1. The first kappa shape index (κ1) is 14.1. The molecule has 3 nitrogen and oxygen atoms in total. The van der Waals surface area contributed by atoms with Crippen molar-refractivity contribution >= 4 is 9.84 Å². The summed E-state index contributed by atoms with van der Waals surface area (Å²) in [5, 5.41) is -0.659. The highest BCUT2D eigenvalue weighted by Gasteiger charge is 2.27. The van der Waals surface area contributed by atoms with Gasteiger partial charge in [0, 0.05) is 6.04 Å². The Morgan fingerprint density at radius 1 is 1.29 bits per heavy atom. The third-order valence-corrected chi connectivity index (χ3v) is 5.22. The molecule has 1 rings (SSSR count). The van der Waals surface area contributed by atoms with E-state index >= 15 is 0 Å². The summed E-state index contributed by atoms with van der Waals surface area (Å²) in [6, 6.07) is 5.01. The molecule has 1 aromatic carbocycles. The van der Waals surface area contributed by atoms with Crippen molar-refractivity contribution in [1.82, 2.24) is 0 Å². The van der Waals surface area contributed by atoms with Gasteiger partial charge in [-0.2, -0.15) is 0 Å². The van der Waals surface area contributed by atoms with Crippen LogP contribution in [0.3, 0.4) is 0 Å². The first-order valence-corrected chi connectivity index (χ1v) is 7.32. The van der Waals surface area contributed by atoms with Gasteiger partial charge in [-0.05, 0) is 31.0 Å². The molecular formula is C12H18FNO2S. The Hall–Kier alpha value is -0.940. The second kappa shape index (κ2) is 5.60. The van der Waals surface area contributed by atoms with Gasteiger partial charge in [0.25, 0.3) is 0 Å². The Balaban J connectivity index is 2.90. The standard InChI is InChI=1S/C12H18FNO2S/c1-3-8-17(15,16)9(2)12(14)10-4-6-11(13)7-5-10/h4-7,9,12H,3,8,14H2,1-2H3. The van der Waals surface area contributed by atoms with Crippen LogP contribution in [0.4, 0.5) is 4.39 Å². The minimum atomic E-state index is -3.19. The monoisotopic (exact) mass is 259 g/mol. The molecule has 0 aromatic heterocycles. The fourth-order valence-electron chi connectivity index (χ4n) is 1.65. The average Bonchev–Trinajstić information content (AvgIpc) is 2.28. The molecule has 0 aliphatic rings. The van der Waals surface area contributed by atoms with Gasteiger partial charge in [0.05, 0.1) is 11.0 Å². The van der Waals surface area contributed by atoms with Crippen molar-refractivity contribution in [3.05, 3.63) is 35.6 Å². The maximum Gasteiger partial charge on any atom is 0.154 e. The molecule has 2 unspecified atom stereocenters. The molecule has 0 bridgehead atoms. The second-order valence-electron chi connectivity index (χ2n) is 4.15. The molecule has 0 radical (unpaired) electrons. The van der Waals surface area contributed by atoms with Crippen molar-refractivity contribution in [2.24, 2.45) is 5.73 Å². The van der Waals surface area contributed by atoms with E-state index in [1.807, 2.05) is 6.92 Å². The Bertz CT molecular complexity index is 456. The van der Waals surface area contributed by atoms with Crippen molar-refractivity contribution < 1.29 is 12.8 Å². The van der Waals surface area contributed by atoms with Crippen LogP contribution in [0.5, 0.6) is 0 Å². The van der Waals surface area contributed by atoms with Crippen LogP contribution < -0.4 is 5.73 Å². The van der Waals surface area contributed by atoms with E-state index in [-0.39, 0.29) is 11.6 Å². The van der Waals surface area contributed by atoms with Crippen LogP contribution in [-0.4, -0.2) is 19.4 Å². The average molecular weight is 259 g/mol. The molecule has 0 heterocycles. The van der Waals surface area contributed by atoms with Crippen molar-refractivity contribution in [1.29, 1.82) is 0 Å². The Morgan fingerprint density at radius 2 is 1.82 bits per heavy atom. The molecular weight excluding hydrogens is 241 g/mol. The minimum Gasteiger partial charge on any atom is -0.323 e. The third kappa shape index (κ3) is 3.51. The van der Waals surface area contributed by atoms with Gasteiger partial charge in [-0.3, -0.25) is 0 Å². The summed E-state index contributed by atoms with van der Waals surface area (Å²) < 4.78 is 36.5. The van der Waals surface area contributed by atoms with Gasteiger partial charge in [-0.15, -0.1) is 0 Å². The largest absolute Gasteiger partial charge is 0.323 e. The van der Waals surface area contributed by atoms with Crippen molar-refractivity contribution in [2.45, 2.75) is 31.6 Å². The van der Waals surface area contributed by atoms with Crippen LogP contribution >= 0.6 is 0 Å². The summed E-state index contributed by atoms with van der Waals surface area (Å²) in [6.45, 7) is 3.41. The number of hydrogen-bond donors (Lipinski definition) is 1. The van der Waals surface area contributed by atoms with Gasteiger partial charge in [0.15, 0.2) is 9.84 Å². The van der Waals surface area contributed by atoms with Gasteiger partial charge >= 0.3 is 0 Å². The van der Waals surface area contributed by atoms with Gasteiger partial charge in [0.2, 0.25) is 0 Å². The number of benzene rings is 1. The molecule has 0 aliphatic carbocycles. The Labute approximate surface area is 102 Å². The molecule has 2 atom stereocenters. The first-order valence-electron chi connectivity index (χ1n) is 5.61. The lowest BCUT2D eigenvalue weighted by atomic mass is 10.1. The van der Waals surface area contributed by atoms with E-state index < -0.39 is 21.1 Å². The van der Waals surface area contributed by atoms with Crippen LogP contribution in [0.15, 0.2) is 24.3 Å². The molecule has 0 spiro atoms. The predicted octanol–water partition coefficient (Wildman–Crippen LogP) is 2.04. The highest BCUT2D eigenvalue weighted by molar-refractivity contribution is 7.92. The van der Waals surface area contributed by atoms with Crippen LogP contribution in [0, 0.1) is 5.82 Å². The van der Waals surface area contributed by atoms with E-state index in [0.717, 1.165) is 0 Å². The summed E-state index contributed by atoms with van der Waals surface area (Å²) in [6.07, 6.45) is 0.572. The van der Waals surface area contributed by atoms with E-state index in [4.69, 9.17) is 5.73 Å². The highest BCUT2D eigenvalue weighted by atomic mass is 32.2. The zero-order valence-electron chi connectivity index (χ0n) is 10.1. The maximum absolute atomic E-state index is 12.7. The van der Waals surface area contributed by atoms with Crippen molar-refractivity contribution in [3.63, 3.8) is 0 Å². The smallest absolute Gasteiger partial charge is 0.154 e. The molecule has 96 valence electrons. The van der Waals surface area contributed by atoms with Crippen molar-refractivity contribution in [3.8, 4) is 0 Å². The Kier molecular flexibility index (Phi) is 4.65. The van der Waals surface area contributed by atoms with Crippen LogP contribution in [0.2, 0.25) is 0 Å². The lowest BCUT2D eigenvalue weighted by Crippen LogP contribution is -2.32. The maximum atomic E-state index is 12.7. The quantitative estimate of drug-likeness (QED) is 0.880. The van der Waals surface area contributed by atoms with Gasteiger partial charge in [0.1, 0.15) is 5.82 Å². The van der Waals surface area contributed by atoms with E-state index in [2.05, 4.69) is 0 Å². The zero-order chi connectivity index (χ0) is 13.1. The second-order valence-corrected chi connectivity index (χ2v) is 6.63. The summed E-state index contributed by atoms with van der Waals surface area (Å²) in [7, 11) is -3.19. The molecule has 0 amide bonds. The predicted molar refractivity (Wildman–Crippen MR) is 66.9 cm³/mol. The number of sulfone groups is 1. The van der Waals surface area contributed by atoms with Crippen LogP contribution in [-0.2, 0) is 9.84 Å². The highest BCUT2D eigenvalue weighted by Crippen LogP contribution is 2.20. The Morgan fingerprint density at radius 3 is 2.29 bits per heavy atom. The van der Waals surface area contributed by atoms with E-state index in [1.165, 1.54) is 24.3 Å². The van der Waals surface area contributed by atoms with Crippen molar-refractivity contribution in [2.75, 3.05) is 5.75 Å². The van der Waals surface area contributed by atoms with Crippen LogP contribution in [0.1, 0.15) is 31.9 Å². The third-order valence-electron chi connectivity index (χ3n) is 2.82. The molecule has 2 N–H and O–H groups in total. The summed E-state index contributed by atoms with van der Waals surface area (Å²) in [4.78, 5) is 0. The summed E-state index contributed by atoms with van der Waals surface area (Å²) in [5.41, 5.74) is 6.54. The van der Waals surface area contributed by atoms with E-state index in [1.54, 1.807) is 6.92 Å².